The molecule has 3 rings (SSSR count). The van der Waals surface area contributed by atoms with Crippen molar-refractivity contribution in [1.82, 2.24) is 0 Å². The van der Waals surface area contributed by atoms with Gasteiger partial charge in [0.1, 0.15) is 0 Å². The first kappa shape index (κ1) is 13.2. The fourth-order valence-electron chi connectivity index (χ4n) is 3.04. The van der Waals surface area contributed by atoms with Crippen molar-refractivity contribution < 1.29 is 0 Å². The summed E-state index contributed by atoms with van der Waals surface area (Å²) >= 11 is 2.01. The molecule has 1 fully saturated rings. The average Bonchev–Trinajstić information content (AvgIpc) is 2.82. The Bertz CT molecular complexity index is 466. The van der Waals surface area contributed by atoms with Crippen LogP contribution in [0.25, 0.3) is 0 Å². The lowest BCUT2D eigenvalue weighted by molar-refractivity contribution is 0.347. The third kappa shape index (κ3) is 3.03. The molecular weight excluding hydrogens is 252 g/mol. The van der Waals surface area contributed by atoms with Gasteiger partial charge >= 0.3 is 0 Å². The van der Waals surface area contributed by atoms with E-state index < -0.39 is 0 Å². The molecule has 3 atom stereocenters. The van der Waals surface area contributed by atoms with Crippen molar-refractivity contribution in [2.24, 2.45) is 16.6 Å². The van der Waals surface area contributed by atoms with Gasteiger partial charge in [0.25, 0.3) is 0 Å². The van der Waals surface area contributed by atoms with Crippen LogP contribution >= 0.6 is 11.8 Å². The molecule has 1 heterocycles. The molecule has 1 aliphatic heterocycles. The van der Waals surface area contributed by atoms with Crippen molar-refractivity contribution in [2.45, 2.75) is 43.9 Å². The Morgan fingerprint density at radius 3 is 2.79 bits per heavy atom. The molecule has 1 saturated carbocycles. The number of nitrogens with two attached hydrogens (primary N) is 1. The highest BCUT2D eigenvalue weighted by Gasteiger charge is 2.35. The summed E-state index contributed by atoms with van der Waals surface area (Å²) in [7, 11) is 0. The van der Waals surface area contributed by atoms with E-state index in [-0.39, 0.29) is 0 Å². The standard InChI is InChI=1S/C16H22N2S/c1-11-2-4-12(5-3-11)9-16-18-14-7-6-13(10-17)8-15(14)19-16/h2-5,13-15H,6-10,17H2,1H3. The van der Waals surface area contributed by atoms with E-state index in [4.69, 9.17) is 10.7 Å². The highest BCUT2D eigenvalue weighted by atomic mass is 32.2. The molecule has 0 radical (unpaired) electrons. The van der Waals surface area contributed by atoms with Gasteiger partial charge in [0.2, 0.25) is 0 Å². The van der Waals surface area contributed by atoms with Crippen LogP contribution in [0.15, 0.2) is 29.3 Å². The van der Waals surface area contributed by atoms with Gasteiger partial charge in [0.15, 0.2) is 0 Å². The van der Waals surface area contributed by atoms with E-state index >= 15 is 0 Å². The molecule has 102 valence electrons. The van der Waals surface area contributed by atoms with E-state index in [0.29, 0.717) is 11.3 Å². The predicted octanol–water partition coefficient (Wildman–Crippen LogP) is 3.18. The molecule has 0 aromatic heterocycles. The van der Waals surface area contributed by atoms with E-state index in [9.17, 15) is 0 Å². The first-order valence-corrected chi connectivity index (χ1v) is 8.11. The molecule has 19 heavy (non-hydrogen) atoms. The zero-order valence-corrected chi connectivity index (χ0v) is 12.3. The lowest BCUT2D eigenvalue weighted by atomic mass is 9.86. The molecule has 1 aromatic carbocycles. The average molecular weight is 274 g/mol. The first-order valence-electron chi connectivity index (χ1n) is 7.23. The molecule has 1 aliphatic carbocycles. The van der Waals surface area contributed by atoms with Crippen molar-refractivity contribution in [3.8, 4) is 0 Å². The van der Waals surface area contributed by atoms with Gasteiger partial charge in [0, 0.05) is 11.7 Å². The number of fused-ring (bicyclic) bond motifs is 1. The minimum Gasteiger partial charge on any atom is -0.330 e. The third-order valence-corrected chi connectivity index (χ3v) is 5.60. The Morgan fingerprint density at radius 2 is 2.05 bits per heavy atom. The van der Waals surface area contributed by atoms with E-state index in [0.717, 1.165) is 18.9 Å². The molecule has 1 aromatic rings. The number of aryl methyl sites for hydroxylation is 1. The monoisotopic (exact) mass is 274 g/mol. The van der Waals surface area contributed by atoms with E-state index in [1.165, 1.54) is 35.4 Å². The maximum Gasteiger partial charge on any atom is 0.0727 e. The zero-order valence-electron chi connectivity index (χ0n) is 11.5. The number of hydrogen-bond donors (Lipinski definition) is 1. The lowest BCUT2D eigenvalue weighted by Gasteiger charge is -2.28. The van der Waals surface area contributed by atoms with Gasteiger partial charge < -0.3 is 5.73 Å². The topological polar surface area (TPSA) is 38.4 Å². The first-order chi connectivity index (χ1) is 9.24. The molecular formula is C16H22N2S. The van der Waals surface area contributed by atoms with Gasteiger partial charge in [0.05, 0.1) is 11.1 Å². The smallest absolute Gasteiger partial charge is 0.0727 e. The summed E-state index contributed by atoms with van der Waals surface area (Å²) in [4.78, 5) is 4.94. The summed E-state index contributed by atoms with van der Waals surface area (Å²) in [6.07, 6.45) is 4.76. The molecule has 3 unspecified atom stereocenters. The SMILES string of the molecule is Cc1ccc(CC2=NC3CCC(CN)CC3S2)cc1. The summed E-state index contributed by atoms with van der Waals surface area (Å²) in [6.45, 7) is 2.98. The number of nitrogens with zero attached hydrogens (tertiary/aromatic N) is 1. The van der Waals surface area contributed by atoms with E-state index in [1.807, 2.05) is 11.8 Å². The zero-order chi connectivity index (χ0) is 13.2. The summed E-state index contributed by atoms with van der Waals surface area (Å²) in [5.41, 5.74) is 8.52. The number of thioether (sulfide) groups is 1. The van der Waals surface area contributed by atoms with Crippen LogP contribution in [0.2, 0.25) is 0 Å². The van der Waals surface area contributed by atoms with Crippen molar-refractivity contribution in [3.05, 3.63) is 35.4 Å². The second kappa shape index (κ2) is 5.68. The van der Waals surface area contributed by atoms with Crippen molar-refractivity contribution in [1.29, 1.82) is 0 Å². The summed E-state index contributed by atoms with van der Waals surface area (Å²) in [6, 6.07) is 9.39. The fraction of sp³-hybridized carbons (Fsp3) is 0.562. The maximum atomic E-state index is 5.81. The molecule has 2 aliphatic rings. The van der Waals surface area contributed by atoms with Crippen LogP contribution in [0.3, 0.4) is 0 Å². The van der Waals surface area contributed by atoms with Crippen LogP contribution in [0.1, 0.15) is 30.4 Å². The maximum absolute atomic E-state index is 5.81. The summed E-state index contributed by atoms with van der Waals surface area (Å²) in [5, 5.41) is 2.03. The van der Waals surface area contributed by atoms with Crippen molar-refractivity contribution >= 4 is 16.8 Å². The van der Waals surface area contributed by atoms with Crippen LogP contribution in [0.5, 0.6) is 0 Å². The van der Waals surface area contributed by atoms with Crippen LogP contribution in [0, 0.1) is 12.8 Å². The Labute approximate surface area is 119 Å². The highest BCUT2D eigenvalue weighted by Crippen LogP contribution is 2.39. The summed E-state index contributed by atoms with van der Waals surface area (Å²) in [5.74, 6) is 0.725. The highest BCUT2D eigenvalue weighted by molar-refractivity contribution is 8.14. The minimum absolute atomic E-state index is 0.563. The molecule has 3 heteroatoms. The van der Waals surface area contributed by atoms with Gasteiger partial charge in [-0.2, -0.15) is 0 Å². The van der Waals surface area contributed by atoms with Gasteiger partial charge in [-0.05, 0) is 44.2 Å². The predicted molar refractivity (Wildman–Crippen MR) is 83.9 cm³/mol. The van der Waals surface area contributed by atoms with Gasteiger partial charge in [-0.15, -0.1) is 11.8 Å². The number of benzene rings is 1. The second-order valence-corrected chi connectivity index (χ2v) is 7.14. The molecule has 0 spiro atoms. The Morgan fingerprint density at radius 1 is 1.26 bits per heavy atom. The van der Waals surface area contributed by atoms with Crippen molar-refractivity contribution in [3.63, 3.8) is 0 Å². The molecule has 2 N–H and O–H groups in total. The van der Waals surface area contributed by atoms with Crippen LogP contribution < -0.4 is 5.73 Å². The molecule has 0 amide bonds. The van der Waals surface area contributed by atoms with E-state index in [1.54, 1.807) is 0 Å². The van der Waals surface area contributed by atoms with Gasteiger partial charge in [-0.1, -0.05) is 29.8 Å². The molecule has 2 nitrogen and oxygen atoms in total. The quantitative estimate of drug-likeness (QED) is 0.919. The number of rotatable bonds is 3. The van der Waals surface area contributed by atoms with Crippen molar-refractivity contribution in [2.75, 3.05) is 6.54 Å². The van der Waals surface area contributed by atoms with Crippen LogP contribution in [0.4, 0.5) is 0 Å². The molecule has 0 saturated heterocycles. The largest absolute Gasteiger partial charge is 0.330 e. The lowest BCUT2D eigenvalue weighted by Crippen LogP contribution is -2.31. The van der Waals surface area contributed by atoms with Gasteiger partial charge in [-0.25, -0.2) is 0 Å². The normalized spacial score (nSPS) is 30.0. The Kier molecular flexibility index (Phi) is 3.94. The van der Waals surface area contributed by atoms with Crippen LogP contribution in [-0.4, -0.2) is 22.9 Å². The van der Waals surface area contributed by atoms with Crippen LogP contribution in [-0.2, 0) is 6.42 Å². The van der Waals surface area contributed by atoms with E-state index in [2.05, 4.69) is 31.2 Å². The summed E-state index contributed by atoms with van der Waals surface area (Å²) < 4.78 is 0. The number of hydrogen-bond acceptors (Lipinski definition) is 3. The molecule has 0 bridgehead atoms. The number of aliphatic imine (C=N–C) groups is 1. The third-order valence-electron chi connectivity index (χ3n) is 4.27. The van der Waals surface area contributed by atoms with Gasteiger partial charge in [-0.3, -0.25) is 4.99 Å². The Hall–Kier alpha value is -0.800. The fourth-order valence-corrected chi connectivity index (χ4v) is 4.56. The second-order valence-electron chi connectivity index (χ2n) is 5.82. The minimum atomic E-state index is 0.563. The Balaban J connectivity index is 1.63.